The summed E-state index contributed by atoms with van der Waals surface area (Å²) in [5.74, 6) is 5.67. The van der Waals surface area contributed by atoms with Gasteiger partial charge in [0, 0.05) is 18.3 Å². The van der Waals surface area contributed by atoms with Crippen molar-refractivity contribution in [3.8, 4) is 0 Å². The third-order valence-electron chi connectivity index (χ3n) is 8.80. The third-order valence-corrected chi connectivity index (χ3v) is 8.80. The molecule has 0 radical (unpaired) electrons. The van der Waals surface area contributed by atoms with Gasteiger partial charge in [-0.3, -0.25) is 0 Å². The Morgan fingerprint density at radius 3 is 2.88 bits per heavy atom. The molecule has 3 fully saturated rings. The lowest BCUT2D eigenvalue weighted by molar-refractivity contribution is -0.0679. The lowest BCUT2D eigenvalue weighted by atomic mass is 9.46. The van der Waals surface area contributed by atoms with E-state index in [0.29, 0.717) is 16.7 Å². The predicted octanol–water partition coefficient (Wildman–Crippen LogP) is 5.70. The normalized spacial score (nSPS) is 50.2. The summed E-state index contributed by atoms with van der Waals surface area (Å²) in [7, 11) is 0. The Morgan fingerprint density at radius 2 is 2.04 bits per heavy atom. The Morgan fingerprint density at radius 1 is 1.12 bits per heavy atom. The molecule has 3 saturated carbocycles. The maximum absolute atomic E-state index is 4.60. The number of H-pyrrole nitrogens is 1. The topological polar surface area (TPSA) is 28.7 Å². The lowest BCUT2D eigenvalue weighted by Crippen LogP contribution is -2.50. The molecule has 7 atom stereocenters. The molecule has 0 amide bonds. The van der Waals surface area contributed by atoms with Crippen LogP contribution in [0.2, 0.25) is 0 Å². The predicted molar refractivity (Wildman–Crippen MR) is 97.6 cm³/mol. The van der Waals surface area contributed by atoms with Crippen molar-refractivity contribution in [3.63, 3.8) is 0 Å². The van der Waals surface area contributed by atoms with E-state index in [9.17, 15) is 0 Å². The average molecular weight is 325 g/mol. The highest BCUT2D eigenvalue weighted by molar-refractivity contribution is 5.17. The number of rotatable bonds is 1. The zero-order valence-electron chi connectivity index (χ0n) is 15.3. The van der Waals surface area contributed by atoms with E-state index in [1.165, 1.54) is 57.2 Å². The van der Waals surface area contributed by atoms with Crippen LogP contribution in [0.4, 0.5) is 0 Å². The number of aromatic amines is 1. The molecule has 4 aliphatic carbocycles. The van der Waals surface area contributed by atoms with E-state index in [0.717, 1.165) is 23.7 Å². The molecule has 5 rings (SSSR count). The summed E-state index contributed by atoms with van der Waals surface area (Å²) >= 11 is 0. The lowest BCUT2D eigenvalue weighted by Gasteiger charge is -2.58. The molecule has 1 aromatic rings. The van der Waals surface area contributed by atoms with Crippen LogP contribution < -0.4 is 0 Å². The summed E-state index contributed by atoms with van der Waals surface area (Å²) in [6, 6.07) is 0. The fourth-order valence-corrected chi connectivity index (χ4v) is 7.59. The van der Waals surface area contributed by atoms with Gasteiger partial charge in [-0.1, -0.05) is 26.0 Å². The van der Waals surface area contributed by atoms with Crippen molar-refractivity contribution in [3.05, 3.63) is 30.4 Å². The fraction of sp³-hybridized carbons (Fsp3) is 0.773. The summed E-state index contributed by atoms with van der Waals surface area (Å²) in [5, 5.41) is 0. The molecule has 2 nitrogen and oxygen atoms in total. The molecular formula is C22H32N2. The molecule has 0 saturated heterocycles. The van der Waals surface area contributed by atoms with Crippen LogP contribution in [-0.2, 0) is 0 Å². The number of nitrogens with zero attached hydrogens (tertiary/aromatic N) is 1. The van der Waals surface area contributed by atoms with Gasteiger partial charge in [-0.25, -0.2) is 4.98 Å². The van der Waals surface area contributed by atoms with Crippen molar-refractivity contribution in [2.24, 2.45) is 34.5 Å². The van der Waals surface area contributed by atoms with Gasteiger partial charge in [-0.15, -0.1) is 0 Å². The van der Waals surface area contributed by atoms with Crippen molar-refractivity contribution in [2.45, 2.75) is 71.1 Å². The van der Waals surface area contributed by atoms with Crippen LogP contribution in [0, 0.1) is 34.5 Å². The minimum Gasteiger partial charge on any atom is -0.348 e. The van der Waals surface area contributed by atoms with Gasteiger partial charge >= 0.3 is 0 Å². The second-order valence-corrected chi connectivity index (χ2v) is 9.80. The van der Waals surface area contributed by atoms with Gasteiger partial charge in [-0.2, -0.15) is 0 Å². The van der Waals surface area contributed by atoms with Gasteiger partial charge in [0.1, 0.15) is 5.82 Å². The SMILES string of the molecule is C[C@]12CC[C@H]3[C@@H](CCC4CCC=C[C@@]43C)[C@@H]1CC(c1ncc[nH]1)C2. The largest absolute Gasteiger partial charge is 0.348 e. The zero-order valence-corrected chi connectivity index (χ0v) is 15.3. The van der Waals surface area contributed by atoms with Crippen LogP contribution in [0.3, 0.4) is 0 Å². The van der Waals surface area contributed by atoms with E-state index in [2.05, 4.69) is 36.0 Å². The smallest absolute Gasteiger partial charge is 0.109 e. The van der Waals surface area contributed by atoms with Gasteiger partial charge in [0.25, 0.3) is 0 Å². The van der Waals surface area contributed by atoms with Crippen LogP contribution in [0.1, 0.15) is 77.0 Å². The molecule has 0 spiro atoms. The number of aromatic nitrogens is 2. The number of fused-ring (bicyclic) bond motifs is 5. The second-order valence-electron chi connectivity index (χ2n) is 9.80. The van der Waals surface area contributed by atoms with Gasteiger partial charge in [0.15, 0.2) is 0 Å². The number of nitrogens with one attached hydrogen (secondary N) is 1. The fourth-order valence-electron chi connectivity index (χ4n) is 7.59. The Hall–Kier alpha value is -1.05. The number of allylic oxidation sites excluding steroid dienone is 2. The summed E-state index contributed by atoms with van der Waals surface area (Å²) in [6.45, 7) is 5.20. The molecule has 2 unspecified atom stereocenters. The Bertz CT molecular complexity index is 632. The highest BCUT2D eigenvalue weighted by Crippen LogP contribution is 2.67. The third kappa shape index (κ3) is 2.04. The minimum absolute atomic E-state index is 0.491. The molecular weight excluding hydrogens is 292 g/mol. The van der Waals surface area contributed by atoms with Gasteiger partial charge in [0.05, 0.1) is 0 Å². The van der Waals surface area contributed by atoms with Gasteiger partial charge < -0.3 is 4.98 Å². The first-order chi connectivity index (χ1) is 11.6. The van der Waals surface area contributed by atoms with Crippen LogP contribution in [0.15, 0.2) is 24.5 Å². The Balaban J connectivity index is 1.46. The molecule has 4 aliphatic rings. The van der Waals surface area contributed by atoms with Crippen LogP contribution in [0.25, 0.3) is 0 Å². The summed E-state index contributed by atoms with van der Waals surface area (Å²) < 4.78 is 0. The van der Waals surface area contributed by atoms with Crippen LogP contribution >= 0.6 is 0 Å². The van der Waals surface area contributed by atoms with Crippen molar-refractivity contribution >= 4 is 0 Å². The first-order valence-corrected chi connectivity index (χ1v) is 10.3. The molecule has 24 heavy (non-hydrogen) atoms. The first-order valence-electron chi connectivity index (χ1n) is 10.3. The molecule has 0 aliphatic heterocycles. The maximum Gasteiger partial charge on any atom is 0.109 e. The molecule has 130 valence electrons. The van der Waals surface area contributed by atoms with Crippen molar-refractivity contribution < 1.29 is 0 Å². The van der Waals surface area contributed by atoms with E-state index in [1.807, 2.05) is 12.4 Å². The molecule has 0 bridgehead atoms. The van der Waals surface area contributed by atoms with Crippen molar-refractivity contribution in [2.75, 3.05) is 0 Å². The highest BCUT2D eigenvalue weighted by Gasteiger charge is 2.58. The molecule has 1 N–H and O–H groups in total. The highest BCUT2D eigenvalue weighted by atomic mass is 14.9. The summed E-state index contributed by atoms with van der Waals surface area (Å²) in [4.78, 5) is 8.01. The number of hydrogen-bond donors (Lipinski definition) is 1. The van der Waals surface area contributed by atoms with E-state index in [1.54, 1.807) is 0 Å². The first kappa shape index (κ1) is 15.2. The van der Waals surface area contributed by atoms with Gasteiger partial charge in [-0.05, 0) is 85.9 Å². The van der Waals surface area contributed by atoms with Crippen LogP contribution in [-0.4, -0.2) is 9.97 Å². The van der Waals surface area contributed by atoms with E-state index >= 15 is 0 Å². The number of imidazole rings is 1. The van der Waals surface area contributed by atoms with Crippen molar-refractivity contribution in [1.82, 2.24) is 9.97 Å². The standard InChI is InChI=1S/C22H32N2/c1-21-10-8-18-17(7-6-16-5-3-4-9-22(16,18)2)19(21)13-15(14-21)20-23-11-12-24-20/h4,9,11-12,15-19H,3,5-8,10,13-14H2,1-2H3,(H,23,24)/t15?,16?,17-,18+,19+,21-,22+/m1/s1. The molecule has 0 aromatic carbocycles. The molecule has 1 aromatic heterocycles. The minimum atomic E-state index is 0.491. The van der Waals surface area contributed by atoms with E-state index in [4.69, 9.17) is 0 Å². The van der Waals surface area contributed by atoms with Crippen molar-refractivity contribution in [1.29, 1.82) is 0 Å². The number of hydrogen-bond acceptors (Lipinski definition) is 1. The summed E-state index contributed by atoms with van der Waals surface area (Å²) in [6.07, 6.45) is 20.4. The monoisotopic (exact) mass is 324 g/mol. The van der Waals surface area contributed by atoms with E-state index < -0.39 is 0 Å². The van der Waals surface area contributed by atoms with E-state index in [-0.39, 0.29) is 0 Å². The summed E-state index contributed by atoms with van der Waals surface area (Å²) in [5.41, 5.74) is 1.05. The average Bonchev–Trinajstić information content (AvgIpc) is 3.20. The van der Waals surface area contributed by atoms with Crippen LogP contribution in [0.5, 0.6) is 0 Å². The maximum atomic E-state index is 4.60. The second kappa shape index (κ2) is 5.22. The quantitative estimate of drug-likeness (QED) is 0.659. The molecule has 2 heteroatoms. The zero-order chi connectivity index (χ0) is 16.4. The Labute approximate surface area is 146 Å². The Kier molecular flexibility index (Phi) is 3.31. The van der Waals surface area contributed by atoms with Gasteiger partial charge in [0.2, 0.25) is 0 Å². The molecule has 1 heterocycles.